The maximum absolute atomic E-state index is 13.1. The SMILES string of the molecule is CNC(CCC1CC1)C1CCCCC1C(F)(F)F. The molecule has 0 amide bonds. The highest BCUT2D eigenvalue weighted by Gasteiger charge is 2.47. The first kappa shape index (κ1) is 14.2. The van der Waals surface area contributed by atoms with E-state index in [4.69, 9.17) is 0 Å². The monoisotopic (exact) mass is 263 g/mol. The summed E-state index contributed by atoms with van der Waals surface area (Å²) in [5.41, 5.74) is 0. The van der Waals surface area contributed by atoms with Crippen LogP contribution in [0.5, 0.6) is 0 Å². The third-order valence-electron chi connectivity index (χ3n) is 4.71. The van der Waals surface area contributed by atoms with Crippen LogP contribution in [0, 0.1) is 17.8 Å². The molecule has 0 saturated heterocycles. The Hall–Kier alpha value is -0.250. The van der Waals surface area contributed by atoms with Gasteiger partial charge in [0.05, 0.1) is 5.92 Å². The molecule has 3 atom stereocenters. The lowest BCUT2D eigenvalue weighted by Crippen LogP contribution is -2.44. The Morgan fingerprint density at radius 3 is 2.33 bits per heavy atom. The zero-order chi connectivity index (χ0) is 13.2. The van der Waals surface area contributed by atoms with E-state index in [9.17, 15) is 13.2 Å². The molecule has 0 spiro atoms. The minimum atomic E-state index is -4.01. The number of halogens is 3. The molecule has 0 aromatic carbocycles. The first-order chi connectivity index (χ1) is 8.52. The van der Waals surface area contributed by atoms with Crippen molar-refractivity contribution in [1.29, 1.82) is 0 Å². The molecule has 106 valence electrons. The van der Waals surface area contributed by atoms with Crippen molar-refractivity contribution in [1.82, 2.24) is 5.32 Å². The second-order valence-corrected chi connectivity index (χ2v) is 6.01. The van der Waals surface area contributed by atoms with Gasteiger partial charge in [0.1, 0.15) is 0 Å². The number of hydrogen-bond acceptors (Lipinski definition) is 1. The van der Waals surface area contributed by atoms with Crippen LogP contribution in [0.2, 0.25) is 0 Å². The average molecular weight is 263 g/mol. The Kier molecular flexibility index (Phi) is 4.57. The summed E-state index contributed by atoms with van der Waals surface area (Å²) in [6.07, 6.45) is 3.33. The molecular formula is C14H24F3N. The fraction of sp³-hybridized carbons (Fsp3) is 1.00. The minimum absolute atomic E-state index is 0.0533. The average Bonchev–Trinajstić information content (AvgIpc) is 3.13. The quantitative estimate of drug-likeness (QED) is 0.786. The summed E-state index contributed by atoms with van der Waals surface area (Å²) in [5.74, 6) is -0.487. The maximum atomic E-state index is 13.1. The standard InChI is InChI=1S/C14H24F3N/c1-18-13(9-8-10-6-7-10)11-4-2-3-5-12(11)14(15,16)17/h10-13,18H,2-9H2,1H3. The molecule has 2 fully saturated rings. The van der Waals surface area contributed by atoms with Gasteiger partial charge < -0.3 is 5.32 Å². The van der Waals surface area contributed by atoms with Gasteiger partial charge in [0.15, 0.2) is 0 Å². The van der Waals surface area contributed by atoms with E-state index in [1.165, 1.54) is 12.8 Å². The van der Waals surface area contributed by atoms with Gasteiger partial charge in [-0.3, -0.25) is 0 Å². The molecule has 1 N–H and O–H groups in total. The van der Waals surface area contributed by atoms with E-state index < -0.39 is 12.1 Å². The molecule has 0 aromatic rings. The fourth-order valence-electron chi connectivity index (χ4n) is 3.44. The molecule has 0 radical (unpaired) electrons. The van der Waals surface area contributed by atoms with Crippen molar-refractivity contribution in [3.63, 3.8) is 0 Å². The van der Waals surface area contributed by atoms with Crippen molar-refractivity contribution in [2.45, 2.75) is 63.6 Å². The molecule has 0 aromatic heterocycles. The van der Waals surface area contributed by atoms with E-state index >= 15 is 0 Å². The second kappa shape index (κ2) is 5.81. The topological polar surface area (TPSA) is 12.0 Å². The van der Waals surface area contributed by atoms with Crippen molar-refractivity contribution in [3.05, 3.63) is 0 Å². The van der Waals surface area contributed by atoms with Gasteiger partial charge in [0.25, 0.3) is 0 Å². The summed E-state index contributed by atoms with van der Waals surface area (Å²) < 4.78 is 39.2. The highest BCUT2D eigenvalue weighted by Crippen LogP contribution is 2.44. The van der Waals surface area contributed by atoms with Crippen molar-refractivity contribution >= 4 is 0 Å². The van der Waals surface area contributed by atoms with Crippen molar-refractivity contribution in [2.75, 3.05) is 7.05 Å². The van der Waals surface area contributed by atoms with Crippen molar-refractivity contribution in [3.8, 4) is 0 Å². The highest BCUT2D eigenvalue weighted by atomic mass is 19.4. The van der Waals surface area contributed by atoms with Gasteiger partial charge >= 0.3 is 6.18 Å². The van der Waals surface area contributed by atoms with Gasteiger partial charge in [0.2, 0.25) is 0 Å². The largest absolute Gasteiger partial charge is 0.392 e. The molecule has 2 rings (SSSR count). The van der Waals surface area contributed by atoms with Crippen LogP contribution in [0.25, 0.3) is 0 Å². The summed E-state index contributed by atoms with van der Waals surface area (Å²) in [6, 6.07) is 0.0533. The van der Waals surface area contributed by atoms with Gasteiger partial charge in [0, 0.05) is 6.04 Å². The molecule has 2 saturated carbocycles. The molecule has 3 unspecified atom stereocenters. The predicted octanol–water partition coefficient (Wildman–Crippen LogP) is 4.13. The molecule has 4 heteroatoms. The van der Waals surface area contributed by atoms with Crippen molar-refractivity contribution in [2.24, 2.45) is 17.8 Å². The summed E-state index contributed by atoms with van der Waals surface area (Å²) in [7, 11) is 1.82. The lowest BCUT2D eigenvalue weighted by atomic mass is 9.73. The molecule has 2 aliphatic rings. The van der Waals surface area contributed by atoms with Crippen LogP contribution in [-0.2, 0) is 0 Å². The van der Waals surface area contributed by atoms with E-state index in [1.54, 1.807) is 0 Å². The number of rotatable bonds is 5. The number of nitrogens with one attached hydrogen (secondary N) is 1. The lowest BCUT2D eigenvalue weighted by molar-refractivity contribution is -0.199. The summed E-state index contributed by atoms with van der Waals surface area (Å²) in [5, 5.41) is 3.16. The Balaban J connectivity index is 1.95. The van der Waals surface area contributed by atoms with Crippen molar-refractivity contribution < 1.29 is 13.2 Å². The third-order valence-corrected chi connectivity index (χ3v) is 4.71. The fourth-order valence-corrected chi connectivity index (χ4v) is 3.44. The Bertz CT molecular complexity index is 260. The van der Waals surface area contributed by atoms with Crippen LogP contribution in [0.3, 0.4) is 0 Å². The summed E-state index contributed by atoms with van der Waals surface area (Å²) in [4.78, 5) is 0. The van der Waals surface area contributed by atoms with E-state index in [1.807, 2.05) is 7.05 Å². The molecule has 0 bridgehead atoms. The smallest absolute Gasteiger partial charge is 0.317 e. The molecule has 0 heterocycles. The van der Waals surface area contributed by atoms with Gasteiger partial charge in [-0.1, -0.05) is 25.7 Å². The van der Waals surface area contributed by atoms with Crippen LogP contribution in [0.4, 0.5) is 13.2 Å². The van der Waals surface area contributed by atoms with Crippen LogP contribution in [0.1, 0.15) is 51.4 Å². The van der Waals surface area contributed by atoms with E-state index in [-0.39, 0.29) is 12.0 Å². The second-order valence-electron chi connectivity index (χ2n) is 6.01. The Morgan fingerprint density at radius 2 is 1.78 bits per heavy atom. The van der Waals surface area contributed by atoms with Crippen LogP contribution in [-0.4, -0.2) is 19.3 Å². The van der Waals surface area contributed by atoms with E-state index in [0.29, 0.717) is 6.42 Å². The zero-order valence-corrected chi connectivity index (χ0v) is 11.1. The highest BCUT2D eigenvalue weighted by molar-refractivity contribution is 4.89. The normalized spacial score (nSPS) is 31.3. The van der Waals surface area contributed by atoms with Crippen LogP contribution in [0.15, 0.2) is 0 Å². The van der Waals surface area contributed by atoms with Gasteiger partial charge in [-0.25, -0.2) is 0 Å². The Morgan fingerprint density at radius 1 is 1.11 bits per heavy atom. The Labute approximate surface area is 108 Å². The molecule has 0 aliphatic heterocycles. The number of hydrogen-bond donors (Lipinski definition) is 1. The first-order valence-corrected chi connectivity index (χ1v) is 7.26. The van der Waals surface area contributed by atoms with E-state index in [0.717, 1.165) is 38.0 Å². The minimum Gasteiger partial charge on any atom is -0.317 e. The zero-order valence-electron chi connectivity index (χ0n) is 11.1. The van der Waals surface area contributed by atoms with Gasteiger partial charge in [-0.15, -0.1) is 0 Å². The first-order valence-electron chi connectivity index (χ1n) is 7.26. The molecule has 2 aliphatic carbocycles. The maximum Gasteiger partial charge on any atom is 0.392 e. The van der Waals surface area contributed by atoms with Crippen LogP contribution >= 0.6 is 0 Å². The third kappa shape index (κ3) is 3.62. The lowest BCUT2D eigenvalue weighted by Gasteiger charge is -2.38. The van der Waals surface area contributed by atoms with Gasteiger partial charge in [-0.05, 0) is 44.6 Å². The molecule has 18 heavy (non-hydrogen) atoms. The van der Waals surface area contributed by atoms with Crippen LogP contribution < -0.4 is 5.32 Å². The molecular weight excluding hydrogens is 239 g/mol. The summed E-state index contributed by atoms with van der Waals surface area (Å²) >= 11 is 0. The van der Waals surface area contributed by atoms with E-state index in [2.05, 4.69) is 5.32 Å². The molecule has 1 nitrogen and oxygen atoms in total. The summed E-state index contributed by atoms with van der Waals surface area (Å²) in [6.45, 7) is 0. The number of alkyl halides is 3. The predicted molar refractivity (Wildman–Crippen MR) is 66.3 cm³/mol. The van der Waals surface area contributed by atoms with Gasteiger partial charge in [-0.2, -0.15) is 13.2 Å².